The van der Waals surface area contributed by atoms with Crippen molar-refractivity contribution < 1.29 is 14.6 Å². The number of hydrogen-bond donors (Lipinski definition) is 2. The van der Waals surface area contributed by atoms with Gasteiger partial charge in [-0.05, 0) is 37.8 Å². The zero-order chi connectivity index (χ0) is 16.8. The summed E-state index contributed by atoms with van der Waals surface area (Å²) in [7, 11) is 0. The van der Waals surface area contributed by atoms with E-state index in [0.29, 0.717) is 19.3 Å². The Balaban J connectivity index is 2.21. The summed E-state index contributed by atoms with van der Waals surface area (Å²) >= 11 is 0. The predicted octanol–water partition coefficient (Wildman–Crippen LogP) is 3.13. The van der Waals surface area contributed by atoms with E-state index in [9.17, 15) is 9.90 Å². The number of nitrogens with zero attached hydrogens (tertiary/aromatic N) is 1. The minimum atomic E-state index is -0.501. The number of aliphatic hydroxyl groups excluding tert-OH is 1. The number of benzene rings is 1. The molecule has 1 heterocycles. The first-order valence-electron chi connectivity index (χ1n) is 8.62. The van der Waals surface area contributed by atoms with E-state index in [-0.39, 0.29) is 12.1 Å². The van der Waals surface area contributed by atoms with E-state index >= 15 is 0 Å². The topological polar surface area (TPSA) is 61.8 Å². The Morgan fingerprint density at radius 1 is 1.26 bits per heavy atom. The van der Waals surface area contributed by atoms with Crippen molar-refractivity contribution in [3.63, 3.8) is 0 Å². The maximum absolute atomic E-state index is 11.5. The fraction of sp³-hybridized carbons (Fsp3) is 0.611. The van der Waals surface area contributed by atoms with Gasteiger partial charge in [0.15, 0.2) is 6.23 Å². The quantitative estimate of drug-likeness (QED) is 0.723. The van der Waals surface area contributed by atoms with E-state index in [2.05, 4.69) is 19.2 Å². The Hall–Kier alpha value is -1.59. The summed E-state index contributed by atoms with van der Waals surface area (Å²) in [5, 5.41) is 13.2. The second kappa shape index (κ2) is 8.31. The van der Waals surface area contributed by atoms with Gasteiger partial charge in [-0.1, -0.05) is 26.8 Å². The van der Waals surface area contributed by atoms with Crippen molar-refractivity contribution in [3.05, 3.63) is 23.8 Å². The van der Waals surface area contributed by atoms with Crippen LogP contribution in [0.5, 0.6) is 5.75 Å². The predicted molar refractivity (Wildman–Crippen MR) is 91.4 cm³/mol. The van der Waals surface area contributed by atoms with Crippen LogP contribution in [0.1, 0.15) is 52.0 Å². The summed E-state index contributed by atoms with van der Waals surface area (Å²) in [6.07, 6.45) is 2.92. The number of ether oxygens (including phenoxy) is 1. The van der Waals surface area contributed by atoms with Gasteiger partial charge in [-0.15, -0.1) is 0 Å². The largest absolute Gasteiger partial charge is 0.475 e. The highest BCUT2D eigenvalue weighted by Crippen LogP contribution is 2.32. The van der Waals surface area contributed by atoms with Crippen LogP contribution in [-0.4, -0.2) is 34.9 Å². The highest BCUT2D eigenvalue weighted by atomic mass is 16.5. The summed E-state index contributed by atoms with van der Waals surface area (Å²) in [5.74, 6) is 0.856. The molecule has 0 radical (unpaired) electrons. The van der Waals surface area contributed by atoms with Gasteiger partial charge in [0.05, 0.1) is 0 Å². The molecule has 1 aliphatic heterocycles. The summed E-state index contributed by atoms with van der Waals surface area (Å²) in [5.41, 5.74) is 1.89. The van der Waals surface area contributed by atoms with Gasteiger partial charge in [0.25, 0.3) is 0 Å². The number of fused-ring (bicyclic) bond motifs is 1. The van der Waals surface area contributed by atoms with Gasteiger partial charge in [0.1, 0.15) is 12.0 Å². The normalized spacial score (nSPS) is 16.7. The van der Waals surface area contributed by atoms with Crippen molar-refractivity contribution in [2.45, 2.75) is 65.3 Å². The van der Waals surface area contributed by atoms with Gasteiger partial charge in [-0.3, -0.25) is 4.79 Å². The maximum Gasteiger partial charge on any atom is 0.224 e. The van der Waals surface area contributed by atoms with Crippen molar-refractivity contribution >= 4 is 11.6 Å². The summed E-state index contributed by atoms with van der Waals surface area (Å²) in [6.45, 7) is 6.92. The number of anilines is 1. The van der Waals surface area contributed by atoms with Crippen LogP contribution < -0.4 is 10.1 Å². The number of nitrogens with one attached hydrogen (secondary N) is 1. The van der Waals surface area contributed by atoms with Crippen molar-refractivity contribution in [2.75, 3.05) is 11.9 Å². The number of carbonyl (C=O) groups is 1. The molecule has 2 unspecified atom stereocenters. The van der Waals surface area contributed by atoms with Gasteiger partial charge in [-0.2, -0.15) is 0 Å². The molecule has 23 heavy (non-hydrogen) atoms. The van der Waals surface area contributed by atoms with Crippen LogP contribution in [0.3, 0.4) is 0 Å². The highest BCUT2D eigenvalue weighted by Gasteiger charge is 2.25. The van der Waals surface area contributed by atoms with Crippen LogP contribution in [0.4, 0.5) is 5.69 Å². The van der Waals surface area contributed by atoms with Crippen molar-refractivity contribution in [1.82, 2.24) is 4.90 Å². The van der Waals surface area contributed by atoms with Crippen LogP contribution in [-0.2, 0) is 11.2 Å². The first-order chi connectivity index (χ1) is 11.1. The van der Waals surface area contributed by atoms with E-state index in [0.717, 1.165) is 36.4 Å². The molecule has 5 nitrogen and oxygen atoms in total. The molecule has 1 aromatic rings. The molecule has 5 heteroatoms. The number of amides is 1. The highest BCUT2D eigenvalue weighted by molar-refractivity contribution is 5.94. The van der Waals surface area contributed by atoms with Crippen LogP contribution in [0.25, 0.3) is 0 Å². The zero-order valence-electron chi connectivity index (χ0n) is 14.3. The average Bonchev–Trinajstić information content (AvgIpc) is 2.57. The van der Waals surface area contributed by atoms with Gasteiger partial charge < -0.3 is 15.2 Å². The number of rotatable bonds is 8. The Labute approximate surface area is 138 Å². The fourth-order valence-electron chi connectivity index (χ4n) is 3.01. The molecule has 1 amide bonds. The molecule has 2 atom stereocenters. The average molecular weight is 320 g/mol. The van der Waals surface area contributed by atoms with E-state index in [1.807, 2.05) is 30.0 Å². The second-order valence-electron chi connectivity index (χ2n) is 5.94. The van der Waals surface area contributed by atoms with Gasteiger partial charge in [-0.25, -0.2) is 4.90 Å². The minimum absolute atomic E-state index is 0.0516. The molecule has 1 aromatic carbocycles. The smallest absolute Gasteiger partial charge is 0.224 e. The number of aliphatic hydroxyl groups is 1. The van der Waals surface area contributed by atoms with E-state index in [1.54, 1.807) is 0 Å². The molecule has 0 bridgehead atoms. The molecular formula is C18H28N2O3. The van der Waals surface area contributed by atoms with E-state index in [4.69, 9.17) is 4.74 Å². The first kappa shape index (κ1) is 17.8. The lowest BCUT2D eigenvalue weighted by Crippen LogP contribution is -2.46. The Morgan fingerprint density at radius 2 is 2.04 bits per heavy atom. The second-order valence-corrected chi connectivity index (χ2v) is 5.94. The molecule has 2 rings (SSSR count). The Kier molecular flexibility index (Phi) is 6.42. The third kappa shape index (κ3) is 4.24. The standard InChI is InChI=1S/C18H28N2O3/c1-4-12-20(17(22)5-2)18(6-3)23-15-9-7-8-14-13(15)10-11-16(21)19-14/h7-9,17-18,22H,4-6,10-12H2,1-3H3,(H,19,21). The van der Waals surface area contributed by atoms with Gasteiger partial charge in [0, 0.05) is 24.2 Å². The lowest BCUT2D eigenvalue weighted by Gasteiger charge is -2.35. The van der Waals surface area contributed by atoms with Crippen molar-refractivity contribution in [1.29, 1.82) is 0 Å². The molecule has 0 fully saturated rings. The molecule has 0 saturated heterocycles. The molecule has 0 saturated carbocycles. The van der Waals surface area contributed by atoms with Crippen LogP contribution >= 0.6 is 0 Å². The van der Waals surface area contributed by atoms with Crippen LogP contribution in [0.15, 0.2) is 18.2 Å². The lowest BCUT2D eigenvalue weighted by atomic mass is 10.0. The SMILES string of the molecule is CCCN(C(O)CC)C(CC)Oc1cccc2c1CCC(=O)N2. The molecule has 1 aliphatic rings. The maximum atomic E-state index is 11.5. The summed E-state index contributed by atoms with van der Waals surface area (Å²) in [4.78, 5) is 13.6. The molecule has 0 aliphatic carbocycles. The Bertz CT molecular complexity index is 533. The minimum Gasteiger partial charge on any atom is -0.475 e. The third-order valence-electron chi connectivity index (χ3n) is 4.22. The number of carbonyl (C=O) groups excluding carboxylic acids is 1. The zero-order valence-corrected chi connectivity index (χ0v) is 14.3. The van der Waals surface area contributed by atoms with Crippen molar-refractivity contribution in [3.8, 4) is 5.75 Å². The molecule has 0 spiro atoms. The fourth-order valence-corrected chi connectivity index (χ4v) is 3.01. The number of hydrogen-bond acceptors (Lipinski definition) is 4. The Morgan fingerprint density at radius 3 is 2.70 bits per heavy atom. The molecule has 128 valence electrons. The van der Waals surface area contributed by atoms with E-state index < -0.39 is 6.23 Å². The van der Waals surface area contributed by atoms with E-state index in [1.165, 1.54) is 0 Å². The van der Waals surface area contributed by atoms with Crippen LogP contribution in [0, 0.1) is 0 Å². The molecule has 0 aromatic heterocycles. The molecular weight excluding hydrogens is 292 g/mol. The lowest BCUT2D eigenvalue weighted by molar-refractivity contribution is -0.116. The monoisotopic (exact) mass is 320 g/mol. The summed E-state index contributed by atoms with van der Waals surface area (Å²) < 4.78 is 6.25. The van der Waals surface area contributed by atoms with Crippen LogP contribution in [0.2, 0.25) is 0 Å². The first-order valence-corrected chi connectivity index (χ1v) is 8.62. The van der Waals surface area contributed by atoms with Gasteiger partial charge in [0.2, 0.25) is 5.91 Å². The van der Waals surface area contributed by atoms with Crippen molar-refractivity contribution in [2.24, 2.45) is 0 Å². The molecule has 2 N–H and O–H groups in total. The van der Waals surface area contributed by atoms with Gasteiger partial charge >= 0.3 is 0 Å². The summed E-state index contributed by atoms with van der Waals surface area (Å²) in [6, 6.07) is 5.75. The third-order valence-corrected chi connectivity index (χ3v) is 4.22.